The number of amides is 1. The third kappa shape index (κ3) is 2.97. The molecule has 0 aliphatic carbocycles. The second kappa shape index (κ2) is 4.37. The Labute approximate surface area is 99.9 Å². The molecule has 1 fully saturated rings. The summed E-state index contributed by atoms with van der Waals surface area (Å²) in [5.74, 6) is -0.651. The van der Waals surface area contributed by atoms with Crippen molar-refractivity contribution in [2.75, 3.05) is 22.6 Å². The summed E-state index contributed by atoms with van der Waals surface area (Å²) in [6.07, 6.45) is 0.399. The molecule has 1 aliphatic rings. The summed E-state index contributed by atoms with van der Waals surface area (Å²) in [4.78, 5) is 11.8. The van der Waals surface area contributed by atoms with Crippen LogP contribution in [0, 0.1) is 5.92 Å². The van der Waals surface area contributed by atoms with Gasteiger partial charge in [0.1, 0.15) is 0 Å². The number of benzene rings is 1. The van der Waals surface area contributed by atoms with E-state index in [9.17, 15) is 13.2 Å². The zero-order valence-electron chi connectivity index (χ0n) is 9.22. The highest BCUT2D eigenvalue weighted by Gasteiger charge is 2.32. The molecule has 1 aromatic carbocycles. The zero-order valence-corrected chi connectivity index (χ0v) is 10.0. The van der Waals surface area contributed by atoms with Crippen LogP contribution in [0.1, 0.15) is 6.42 Å². The first kappa shape index (κ1) is 11.9. The summed E-state index contributed by atoms with van der Waals surface area (Å²) in [7, 11) is -3.03. The van der Waals surface area contributed by atoms with E-state index in [1.165, 1.54) is 0 Å². The number of carbonyl (C=O) groups excluding carboxylic acids is 1. The number of hydrogen-bond acceptors (Lipinski definition) is 4. The molecule has 5 nitrogen and oxygen atoms in total. The maximum absolute atomic E-state index is 11.8. The first-order valence-corrected chi connectivity index (χ1v) is 7.15. The molecule has 0 bridgehead atoms. The number of hydrogen-bond donors (Lipinski definition) is 2. The number of sulfone groups is 1. The van der Waals surface area contributed by atoms with E-state index < -0.39 is 15.8 Å². The van der Waals surface area contributed by atoms with E-state index in [0.717, 1.165) is 0 Å². The number of nitrogen functional groups attached to an aromatic ring is 1. The van der Waals surface area contributed by atoms with E-state index >= 15 is 0 Å². The summed E-state index contributed by atoms with van der Waals surface area (Å²) in [5.41, 5.74) is 6.74. The molecule has 92 valence electrons. The summed E-state index contributed by atoms with van der Waals surface area (Å²) in [6, 6.07) is 6.81. The van der Waals surface area contributed by atoms with Gasteiger partial charge < -0.3 is 11.1 Å². The van der Waals surface area contributed by atoms with Crippen molar-refractivity contribution >= 4 is 27.1 Å². The van der Waals surface area contributed by atoms with Gasteiger partial charge >= 0.3 is 0 Å². The van der Waals surface area contributed by atoms with Gasteiger partial charge in [-0.1, -0.05) is 6.07 Å². The van der Waals surface area contributed by atoms with Crippen LogP contribution in [0.2, 0.25) is 0 Å². The van der Waals surface area contributed by atoms with Crippen molar-refractivity contribution in [1.82, 2.24) is 0 Å². The van der Waals surface area contributed by atoms with Crippen molar-refractivity contribution in [1.29, 1.82) is 0 Å². The van der Waals surface area contributed by atoms with Gasteiger partial charge in [-0.05, 0) is 24.6 Å². The fourth-order valence-corrected chi connectivity index (χ4v) is 3.60. The molecule has 3 N–H and O–H groups in total. The Morgan fingerprint density at radius 2 is 2.18 bits per heavy atom. The average molecular weight is 254 g/mol. The van der Waals surface area contributed by atoms with Gasteiger partial charge in [0, 0.05) is 11.4 Å². The zero-order chi connectivity index (χ0) is 12.5. The summed E-state index contributed by atoms with van der Waals surface area (Å²) >= 11 is 0. The molecular weight excluding hydrogens is 240 g/mol. The van der Waals surface area contributed by atoms with E-state index in [4.69, 9.17) is 5.73 Å². The Balaban J connectivity index is 2.03. The van der Waals surface area contributed by atoms with Crippen LogP contribution in [0.5, 0.6) is 0 Å². The Morgan fingerprint density at radius 3 is 2.76 bits per heavy atom. The number of anilines is 2. The predicted molar refractivity (Wildman–Crippen MR) is 66.2 cm³/mol. The Hall–Kier alpha value is -1.56. The lowest BCUT2D eigenvalue weighted by molar-refractivity contribution is -0.119. The molecular formula is C11H14N2O3S. The molecule has 6 heteroatoms. The molecule has 1 aliphatic heterocycles. The van der Waals surface area contributed by atoms with Crippen molar-refractivity contribution in [3.63, 3.8) is 0 Å². The minimum absolute atomic E-state index is 0.0544. The molecule has 0 aromatic heterocycles. The fraction of sp³-hybridized carbons (Fsp3) is 0.364. The van der Waals surface area contributed by atoms with Gasteiger partial charge in [0.25, 0.3) is 0 Å². The third-order valence-corrected chi connectivity index (χ3v) is 4.53. The van der Waals surface area contributed by atoms with E-state index in [1.807, 2.05) is 0 Å². The van der Waals surface area contributed by atoms with E-state index in [2.05, 4.69) is 5.32 Å². The molecule has 0 unspecified atom stereocenters. The topological polar surface area (TPSA) is 89.3 Å². The molecule has 1 atom stereocenters. The van der Waals surface area contributed by atoms with Crippen LogP contribution in [-0.2, 0) is 14.6 Å². The van der Waals surface area contributed by atoms with Gasteiger partial charge in [0.2, 0.25) is 5.91 Å². The van der Waals surface area contributed by atoms with Gasteiger partial charge in [-0.25, -0.2) is 8.42 Å². The smallest absolute Gasteiger partial charge is 0.228 e. The van der Waals surface area contributed by atoms with Crippen LogP contribution in [0.4, 0.5) is 11.4 Å². The van der Waals surface area contributed by atoms with Crippen LogP contribution in [-0.4, -0.2) is 25.8 Å². The molecule has 0 radical (unpaired) electrons. The minimum Gasteiger partial charge on any atom is -0.399 e. The van der Waals surface area contributed by atoms with Crippen molar-refractivity contribution in [3.8, 4) is 0 Å². The summed E-state index contributed by atoms with van der Waals surface area (Å²) < 4.78 is 22.5. The van der Waals surface area contributed by atoms with Crippen molar-refractivity contribution in [2.24, 2.45) is 5.92 Å². The highest BCUT2D eigenvalue weighted by atomic mass is 32.2. The highest BCUT2D eigenvalue weighted by Crippen LogP contribution is 2.21. The number of carbonyl (C=O) groups is 1. The van der Waals surface area contributed by atoms with Gasteiger partial charge in [-0.2, -0.15) is 0 Å². The molecule has 17 heavy (non-hydrogen) atoms. The third-order valence-electron chi connectivity index (χ3n) is 2.76. The maximum atomic E-state index is 11.8. The number of rotatable bonds is 2. The van der Waals surface area contributed by atoms with E-state index in [-0.39, 0.29) is 17.4 Å². The lowest BCUT2D eigenvalue weighted by Crippen LogP contribution is -2.23. The van der Waals surface area contributed by atoms with Gasteiger partial charge in [-0.3, -0.25) is 4.79 Å². The molecule has 1 saturated heterocycles. The van der Waals surface area contributed by atoms with Gasteiger partial charge in [0.15, 0.2) is 9.84 Å². The standard InChI is InChI=1S/C11H14N2O3S/c12-9-2-1-3-10(6-9)13-11(14)8-4-5-17(15,16)7-8/h1-3,6,8H,4-5,7,12H2,(H,13,14)/t8-/m0/s1. The normalized spacial score (nSPS) is 22.2. The van der Waals surface area contributed by atoms with Crippen LogP contribution < -0.4 is 11.1 Å². The maximum Gasteiger partial charge on any atom is 0.228 e. The first-order valence-electron chi connectivity index (χ1n) is 5.33. The second-order valence-corrected chi connectivity index (χ2v) is 6.44. The fourth-order valence-electron chi connectivity index (χ4n) is 1.86. The monoisotopic (exact) mass is 254 g/mol. The van der Waals surface area contributed by atoms with Gasteiger partial charge in [-0.15, -0.1) is 0 Å². The first-order chi connectivity index (χ1) is 7.96. The molecule has 0 saturated carbocycles. The molecule has 1 amide bonds. The van der Waals surface area contributed by atoms with Crippen LogP contribution >= 0.6 is 0 Å². The lowest BCUT2D eigenvalue weighted by atomic mass is 10.1. The van der Waals surface area contributed by atoms with Crippen LogP contribution in [0.25, 0.3) is 0 Å². The van der Waals surface area contributed by atoms with Crippen LogP contribution in [0.3, 0.4) is 0 Å². The van der Waals surface area contributed by atoms with Crippen molar-refractivity contribution in [2.45, 2.75) is 6.42 Å². The number of nitrogens with two attached hydrogens (primary N) is 1. The quantitative estimate of drug-likeness (QED) is 0.758. The number of nitrogens with one attached hydrogen (secondary N) is 1. The summed E-state index contributed by atoms with van der Waals surface area (Å²) in [6.45, 7) is 0. The Morgan fingerprint density at radius 1 is 1.41 bits per heavy atom. The van der Waals surface area contributed by atoms with Crippen LogP contribution in [0.15, 0.2) is 24.3 Å². The minimum atomic E-state index is -3.03. The Kier molecular flexibility index (Phi) is 3.06. The molecule has 2 rings (SSSR count). The summed E-state index contributed by atoms with van der Waals surface area (Å²) in [5, 5.41) is 2.68. The van der Waals surface area contributed by atoms with E-state index in [1.54, 1.807) is 24.3 Å². The molecule has 1 heterocycles. The SMILES string of the molecule is Nc1cccc(NC(=O)[C@H]2CCS(=O)(=O)C2)c1. The van der Waals surface area contributed by atoms with Crippen molar-refractivity contribution < 1.29 is 13.2 Å². The van der Waals surface area contributed by atoms with E-state index in [0.29, 0.717) is 17.8 Å². The highest BCUT2D eigenvalue weighted by molar-refractivity contribution is 7.91. The molecule has 0 spiro atoms. The second-order valence-electron chi connectivity index (χ2n) is 4.21. The predicted octanol–water partition coefficient (Wildman–Crippen LogP) is 0.642. The Bertz CT molecular complexity index is 539. The largest absolute Gasteiger partial charge is 0.399 e. The average Bonchev–Trinajstić information content (AvgIpc) is 2.59. The van der Waals surface area contributed by atoms with Crippen molar-refractivity contribution in [3.05, 3.63) is 24.3 Å². The van der Waals surface area contributed by atoms with Gasteiger partial charge in [0.05, 0.1) is 17.4 Å². The molecule has 1 aromatic rings. The lowest BCUT2D eigenvalue weighted by Gasteiger charge is -2.09.